The van der Waals surface area contributed by atoms with Gasteiger partial charge in [-0.3, -0.25) is 4.79 Å². The lowest BCUT2D eigenvalue weighted by Crippen LogP contribution is -2.40. The molecular formula is C20H24Cl2N4O. The number of hydrogen-bond acceptors (Lipinski definition) is 4. The van der Waals surface area contributed by atoms with Gasteiger partial charge in [0.05, 0.1) is 15.7 Å². The van der Waals surface area contributed by atoms with Crippen LogP contribution >= 0.6 is 23.2 Å². The van der Waals surface area contributed by atoms with Crippen molar-refractivity contribution in [2.75, 3.05) is 32.0 Å². The lowest BCUT2D eigenvalue weighted by molar-refractivity contribution is 0.0690. The molecule has 0 unspecified atom stereocenters. The third-order valence-corrected chi connectivity index (χ3v) is 5.61. The average Bonchev–Trinajstić information content (AvgIpc) is 2.70. The van der Waals surface area contributed by atoms with E-state index in [9.17, 15) is 4.79 Å². The maximum Gasteiger partial charge on any atom is 0.253 e. The molecule has 0 atom stereocenters. The normalized spacial score (nSPS) is 15.0. The molecule has 1 aromatic heterocycles. The molecule has 2 N–H and O–H groups in total. The molecule has 1 aliphatic heterocycles. The van der Waals surface area contributed by atoms with Crippen LogP contribution < -0.4 is 10.6 Å². The van der Waals surface area contributed by atoms with Gasteiger partial charge in [-0.1, -0.05) is 29.3 Å². The van der Waals surface area contributed by atoms with Gasteiger partial charge >= 0.3 is 0 Å². The molecule has 0 spiro atoms. The van der Waals surface area contributed by atoms with E-state index >= 15 is 0 Å². The van der Waals surface area contributed by atoms with Crippen LogP contribution in [0.3, 0.4) is 0 Å². The highest BCUT2D eigenvalue weighted by molar-refractivity contribution is 6.42. The Morgan fingerprint density at radius 3 is 2.67 bits per heavy atom. The second-order valence-electron chi connectivity index (χ2n) is 6.76. The summed E-state index contributed by atoms with van der Waals surface area (Å²) in [6, 6.07) is 11.0. The predicted octanol–water partition coefficient (Wildman–Crippen LogP) is 4.07. The van der Waals surface area contributed by atoms with Crippen molar-refractivity contribution in [3.05, 3.63) is 57.7 Å². The summed E-state index contributed by atoms with van der Waals surface area (Å²) in [6.07, 6.45) is 1.98. The van der Waals surface area contributed by atoms with Crippen LogP contribution in [0.5, 0.6) is 0 Å². The molecule has 7 heteroatoms. The number of nitrogens with zero attached hydrogens (tertiary/aromatic N) is 2. The Balaban J connectivity index is 1.44. The molecule has 0 bridgehead atoms. The first kappa shape index (κ1) is 19.9. The highest BCUT2D eigenvalue weighted by Gasteiger charge is 2.23. The number of aromatic nitrogens is 1. The maximum atomic E-state index is 12.6. The maximum absolute atomic E-state index is 12.6. The number of amides is 1. The molecule has 3 rings (SSSR count). The Morgan fingerprint density at radius 2 is 1.96 bits per heavy atom. The minimum Gasteiger partial charge on any atom is -0.373 e. The fraction of sp³-hybridized carbons (Fsp3) is 0.400. The number of halogens is 2. The Morgan fingerprint density at radius 1 is 1.19 bits per heavy atom. The summed E-state index contributed by atoms with van der Waals surface area (Å²) in [7, 11) is 1.87. The van der Waals surface area contributed by atoms with Crippen LogP contribution in [-0.2, 0) is 6.54 Å². The minimum absolute atomic E-state index is 0.0213. The van der Waals surface area contributed by atoms with Gasteiger partial charge in [0.15, 0.2) is 0 Å². The molecule has 1 fully saturated rings. The molecule has 1 amide bonds. The zero-order valence-electron chi connectivity index (χ0n) is 15.3. The number of likely N-dealkylation sites (tertiary alicyclic amines) is 1. The molecule has 2 aromatic rings. The second-order valence-corrected chi connectivity index (χ2v) is 7.57. The molecule has 0 radical (unpaired) electrons. The molecule has 2 heterocycles. The number of hydrogen-bond donors (Lipinski definition) is 2. The molecule has 27 heavy (non-hydrogen) atoms. The Bertz CT molecular complexity index is 791. The van der Waals surface area contributed by atoms with E-state index in [1.165, 1.54) is 0 Å². The lowest BCUT2D eigenvalue weighted by atomic mass is 9.96. The zero-order chi connectivity index (χ0) is 19.2. The van der Waals surface area contributed by atoms with Crippen LogP contribution in [0, 0.1) is 5.92 Å². The smallest absolute Gasteiger partial charge is 0.253 e. The Labute approximate surface area is 170 Å². The van der Waals surface area contributed by atoms with E-state index in [1.807, 2.05) is 30.1 Å². The first-order valence-electron chi connectivity index (χ1n) is 9.15. The molecule has 0 saturated carbocycles. The van der Waals surface area contributed by atoms with Crippen LogP contribution in [0.2, 0.25) is 10.0 Å². The summed E-state index contributed by atoms with van der Waals surface area (Å²) in [4.78, 5) is 19.0. The van der Waals surface area contributed by atoms with E-state index in [0.717, 1.165) is 50.5 Å². The van der Waals surface area contributed by atoms with E-state index in [4.69, 9.17) is 23.2 Å². The van der Waals surface area contributed by atoms with Crippen LogP contribution in [0.15, 0.2) is 36.4 Å². The molecule has 0 aliphatic carbocycles. The number of rotatable bonds is 6. The number of carbonyl (C=O) groups is 1. The SMILES string of the molecule is CNc1cccc(CNCC2CCN(C(=O)c3ccc(Cl)c(Cl)c3)CC2)n1. The molecule has 5 nitrogen and oxygen atoms in total. The first-order chi connectivity index (χ1) is 13.1. The summed E-state index contributed by atoms with van der Waals surface area (Å²) in [5.74, 6) is 1.46. The predicted molar refractivity (Wildman–Crippen MR) is 111 cm³/mol. The van der Waals surface area contributed by atoms with Gasteiger partial charge in [-0.25, -0.2) is 4.98 Å². The fourth-order valence-electron chi connectivity index (χ4n) is 3.27. The Hall–Kier alpha value is -1.82. The number of benzene rings is 1. The second kappa shape index (κ2) is 9.40. The van der Waals surface area contributed by atoms with Crippen LogP contribution in [-0.4, -0.2) is 42.5 Å². The summed E-state index contributed by atoms with van der Waals surface area (Å²) in [6.45, 7) is 3.20. The van der Waals surface area contributed by atoms with Crippen molar-refractivity contribution < 1.29 is 4.79 Å². The van der Waals surface area contributed by atoms with E-state index < -0.39 is 0 Å². The fourth-order valence-corrected chi connectivity index (χ4v) is 3.57. The van der Waals surface area contributed by atoms with E-state index in [2.05, 4.69) is 15.6 Å². The molecule has 1 aliphatic rings. The third-order valence-electron chi connectivity index (χ3n) is 4.87. The Kier molecular flexibility index (Phi) is 6.94. The van der Waals surface area contributed by atoms with Gasteiger partial charge in [0.1, 0.15) is 5.82 Å². The van der Waals surface area contributed by atoms with Crippen molar-refractivity contribution in [2.45, 2.75) is 19.4 Å². The summed E-state index contributed by atoms with van der Waals surface area (Å²) in [5, 5.41) is 7.42. The van der Waals surface area contributed by atoms with Gasteiger partial charge in [-0.2, -0.15) is 0 Å². The third kappa shape index (κ3) is 5.34. The number of pyridine rings is 1. The highest BCUT2D eigenvalue weighted by atomic mass is 35.5. The monoisotopic (exact) mass is 406 g/mol. The van der Waals surface area contributed by atoms with Crippen LogP contribution in [0.4, 0.5) is 5.82 Å². The van der Waals surface area contributed by atoms with Crippen molar-refractivity contribution in [2.24, 2.45) is 5.92 Å². The average molecular weight is 407 g/mol. The molecule has 1 saturated heterocycles. The van der Waals surface area contributed by atoms with Gasteiger partial charge in [0.25, 0.3) is 5.91 Å². The van der Waals surface area contributed by atoms with Crippen LogP contribution in [0.25, 0.3) is 0 Å². The van der Waals surface area contributed by atoms with Crippen molar-refractivity contribution in [3.63, 3.8) is 0 Å². The van der Waals surface area contributed by atoms with Crippen molar-refractivity contribution in [1.82, 2.24) is 15.2 Å². The van der Waals surface area contributed by atoms with Crippen molar-refractivity contribution in [1.29, 1.82) is 0 Å². The van der Waals surface area contributed by atoms with Crippen molar-refractivity contribution >= 4 is 34.9 Å². The van der Waals surface area contributed by atoms with Gasteiger partial charge in [0.2, 0.25) is 0 Å². The standard InChI is InChI=1S/C20H24Cl2N4O/c1-23-19-4-2-3-16(25-19)13-24-12-14-7-9-26(10-8-14)20(27)15-5-6-17(21)18(22)11-15/h2-6,11,14,24H,7-10,12-13H2,1H3,(H,23,25). The van der Waals surface area contributed by atoms with Gasteiger partial charge in [-0.05, 0) is 55.6 Å². The summed E-state index contributed by atoms with van der Waals surface area (Å²) < 4.78 is 0. The number of anilines is 1. The highest BCUT2D eigenvalue weighted by Crippen LogP contribution is 2.24. The largest absolute Gasteiger partial charge is 0.373 e. The minimum atomic E-state index is 0.0213. The quantitative estimate of drug-likeness (QED) is 0.758. The van der Waals surface area contributed by atoms with E-state index in [1.54, 1.807) is 18.2 Å². The number of carbonyl (C=O) groups excluding carboxylic acids is 1. The van der Waals surface area contributed by atoms with Crippen molar-refractivity contribution in [3.8, 4) is 0 Å². The topological polar surface area (TPSA) is 57.3 Å². The van der Waals surface area contributed by atoms with Crippen LogP contribution in [0.1, 0.15) is 28.9 Å². The lowest BCUT2D eigenvalue weighted by Gasteiger charge is -2.32. The zero-order valence-corrected chi connectivity index (χ0v) is 16.9. The van der Waals surface area contributed by atoms with E-state index in [0.29, 0.717) is 21.5 Å². The first-order valence-corrected chi connectivity index (χ1v) is 9.91. The number of nitrogens with one attached hydrogen (secondary N) is 2. The van der Waals surface area contributed by atoms with Gasteiger partial charge in [-0.15, -0.1) is 0 Å². The van der Waals surface area contributed by atoms with E-state index in [-0.39, 0.29) is 5.91 Å². The van der Waals surface area contributed by atoms with Gasteiger partial charge in [0, 0.05) is 32.2 Å². The number of piperidine rings is 1. The molecule has 144 valence electrons. The summed E-state index contributed by atoms with van der Waals surface area (Å²) >= 11 is 12.0. The van der Waals surface area contributed by atoms with Gasteiger partial charge < -0.3 is 15.5 Å². The molecular weight excluding hydrogens is 383 g/mol. The summed E-state index contributed by atoms with van der Waals surface area (Å²) in [5.41, 5.74) is 1.62. The molecule has 1 aromatic carbocycles.